The van der Waals surface area contributed by atoms with Crippen LogP contribution >= 0.6 is 11.8 Å². The monoisotopic (exact) mass is 268 g/mol. The first-order valence-electron chi connectivity index (χ1n) is 7.10. The molecule has 0 fully saturated rings. The number of hydrogen-bond donors (Lipinski definition) is 1. The van der Waals surface area contributed by atoms with Gasteiger partial charge in [-0.25, -0.2) is 0 Å². The lowest BCUT2D eigenvalue weighted by atomic mass is 10.0. The van der Waals surface area contributed by atoms with Crippen LogP contribution in [-0.4, -0.2) is 22.1 Å². The van der Waals surface area contributed by atoms with E-state index in [2.05, 4.69) is 55.4 Å². The van der Waals surface area contributed by atoms with Crippen molar-refractivity contribution in [2.45, 2.75) is 57.9 Å². The Morgan fingerprint density at radius 3 is 2.56 bits per heavy atom. The van der Waals surface area contributed by atoms with Crippen molar-refractivity contribution in [3.8, 4) is 0 Å². The molecule has 0 atom stereocenters. The molecule has 1 N–H and O–H groups in total. The van der Waals surface area contributed by atoms with Crippen LogP contribution in [0.4, 0.5) is 0 Å². The molecule has 2 nitrogen and oxygen atoms in total. The molecule has 104 valence electrons. The molecular formula is C15H28N2S. The van der Waals surface area contributed by atoms with E-state index < -0.39 is 0 Å². The molecule has 1 aromatic rings. The third-order valence-electron chi connectivity index (χ3n) is 3.79. The number of hydrogen-bond acceptors (Lipinski definition) is 2. The fraction of sp³-hybridized carbons (Fsp3) is 0.733. The summed E-state index contributed by atoms with van der Waals surface area (Å²) in [6, 6.07) is 2.22. The Labute approximate surface area is 117 Å². The third kappa shape index (κ3) is 4.36. The summed E-state index contributed by atoms with van der Waals surface area (Å²) >= 11 is 2.00. The average Bonchev–Trinajstić information content (AvgIpc) is 2.84. The van der Waals surface area contributed by atoms with Gasteiger partial charge in [-0.05, 0) is 37.1 Å². The van der Waals surface area contributed by atoms with Crippen molar-refractivity contribution in [3.63, 3.8) is 0 Å². The van der Waals surface area contributed by atoms with E-state index in [0.717, 1.165) is 19.6 Å². The third-order valence-corrected chi connectivity index (χ3v) is 5.38. The van der Waals surface area contributed by atoms with Gasteiger partial charge in [-0.1, -0.05) is 20.8 Å². The van der Waals surface area contributed by atoms with Crippen LogP contribution in [0.25, 0.3) is 0 Å². The van der Waals surface area contributed by atoms with Gasteiger partial charge in [-0.3, -0.25) is 0 Å². The second-order valence-corrected chi connectivity index (χ2v) is 6.23. The van der Waals surface area contributed by atoms with Gasteiger partial charge in [0.2, 0.25) is 0 Å². The zero-order valence-corrected chi connectivity index (χ0v) is 13.1. The summed E-state index contributed by atoms with van der Waals surface area (Å²) in [6.07, 6.45) is 10.3. The largest absolute Gasteiger partial charge is 0.354 e. The SMILES string of the molecule is CCCn1ccc(CNCC(CC)(CC)SC)c1. The number of nitrogens with one attached hydrogen (secondary N) is 1. The second-order valence-electron chi connectivity index (χ2n) is 4.96. The van der Waals surface area contributed by atoms with Crippen molar-refractivity contribution < 1.29 is 0 Å². The average molecular weight is 268 g/mol. The molecule has 1 aromatic heterocycles. The molecule has 0 saturated carbocycles. The first-order chi connectivity index (χ1) is 8.69. The van der Waals surface area contributed by atoms with E-state index in [-0.39, 0.29) is 0 Å². The van der Waals surface area contributed by atoms with E-state index in [0.29, 0.717) is 4.75 Å². The molecule has 0 aliphatic rings. The maximum atomic E-state index is 3.62. The van der Waals surface area contributed by atoms with Crippen LogP contribution in [0.1, 0.15) is 45.6 Å². The minimum Gasteiger partial charge on any atom is -0.354 e. The molecule has 0 aliphatic heterocycles. The number of rotatable bonds is 9. The molecule has 0 amide bonds. The minimum atomic E-state index is 0.409. The van der Waals surface area contributed by atoms with Gasteiger partial charge in [0.15, 0.2) is 0 Å². The predicted octanol–water partition coefficient (Wildman–Crippen LogP) is 3.91. The Morgan fingerprint density at radius 1 is 1.28 bits per heavy atom. The van der Waals surface area contributed by atoms with E-state index >= 15 is 0 Å². The molecule has 0 aliphatic carbocycles. The standard InChI is InChI=1S/C15H28N2S/c1-5-9-17-10-8-14(12-17)11-16-13-15(6-2,7-3)18-4/h8,10,12,16H,5-7,9,11,13H2,1-4H3. The van der Waals surface area contributed by atoms with Crippen LogP contribution in [-0.2, 0) is 13.1 Å². The van der Waals surface area contributed by atoms with Crippen LogP contribution in [0.2, 0.25) is 0 Å². The Morgan fingerprint density at radius 2 is 2.00 bits per heavy atom. The number of aryl methyl sites for hydroxylation is 1. The van der Waals surface area contributed by atoms with E-state index in [1.165, 1.54) is 24.8 Å². The maximum Gasteiger partial charge on any atom is 0.0276 e. The summed E-state index contributed by atoms with van der Waals surface area (Å²) < 4.78 is 2.68. The molecule has 0 spiro atoms. The van der Waals surface area contributed by atoms with E-state index in [1.54, 1.807) is 0 Å². The van der Waals surface area contributed by atoms with E-state index in [9.17, 15) is 0 Å². The van der Waals surface area contributed by atoms with Crippen LogP contribution in [0.15, 0.2) is 18.5 Å². The van der Waals surface area contributed by atoms with Gasteiger partial charge in [-0.2, -0.15) is 11.8 Å². The van der Waals surface area contributed by atoms with Gasteiger partial charge in [0.1, 0.15) is 0 Å². The van der Waals surface area contributed by atoms with Gasteiger partial charge in [0.05, 0.1) is 0 Å². The Bertz CT molecular complexity index is 321. The second kappa shape index (κ2) is 7.90. The summed E-state index contributed by atoms with van der Waals surface area (Å²) in [7, 11) is 0. The molecule has 18 heavy (non-hydrogen) atoms. The first-order valence-corrected chi connectivity index (χ1v) is 8.32. The van der Waals surface area contributed by atoms with Crippen LogP contribution in [0.5, 0.6) is 0 Å². The highest BCUT2D eigenvalue weighted by Crippen LogP contribution is 2.29. The zero-order valence-electron chi connectivity index (χ0n) is 12.3. The Balaban J connectivity index is 2.40. The molecule has 0 unspecified atom stereocenters. The molecule has 0 aromatic carbocycles. The summed E-state index contributed by atoms with van der Waals surface area (Å²) in [6.45, 7) is 10.0. The van der Waals surface area contributed by atoms with Gasteiger partial charge < -0.3 is 9.88 Å². The number of aromatic nitrogens is 1. The minimum absolute atomic E-state index is 0.409. The predicted molar refractivity (Wildman–Crippen MR) is 83.3 cm³/mol. The molecule has 0 saturated heterocycles. The molecule has 1 rings (SSSR count). The summed E-state index contributed by atoms with van der Waals surface area (Å²) in [4.78, 5) is 0. The quantitative estimate of drug-likeness (QED) is 0.731. The van der Waals surface area contributed by atoms with Crippen molar-refractivity contribution in [3.05, 3.63) is 24.0 Å². The van der Waals surface area contributed by atoms with E-state index in [1.807, 2.05) is 11.8 Å². The van der Waals surface area contributed by atoms with Crippen molar-refractivity contribution in [2.75, 3.05) is 12.8 Å². The number of nitrogens with zero attached hydrogens (tertiary/aromatic N) is 1. The summed E-state index contributed by atoms with van der Waals surface area (Å²) in [5, 5.41) is 3.62. The maximum absolute atomic E-state index is 3.62. The highest BCUT2D eigenvalue weighted by Gasteiger charge is 2.23. The molecule has 0 radical (unpaired) electrons. The highest BCUT2D eigenvalue weighted by molar-refractivity contribution is 8.00. The fourth-order valence-electron chi connectivity index (χ4n) is 2.29. The summed E-state index contributed by atoms with van der Waals surface area (Å²) in [5.74, 6) is 0. The van der Waals surface area contributed by atoms with Crippen LogP contribution < -0.4 is 5.32 Å². The zero-order chi connectivity index (χ0) is 13.4. The topological polar surface area (TPSA) is 17.0 Å². The van der Waals surface area contributed by atoms with Crippen molar-refractivity contribution in [1.29, 1.82) is 0 Å². The van der Waals surface area contributed by atoms with E-state index in [4.69, 9.17) is 0 Å². The Kier molecular flexibility index (Phi) is 6.87. The molecule has 3 heteroatoms. The van der Waals surface area contributed by atoms with Crippen LogP contribution in [0, 0.1) is 0 Å². The molecular weight excluding hydrogens is 240 g/mol. The Hall–Kier alpha value is -0.410. The fourth-order valence-corrected chi connectivity index (χ4v) is 3.11. The molecule has 0 bridgehead atoms. The number of thioether (sulfide) groups is 1. The molecule has 1 heterocycles. The summed E-state index contributed by atoms with van der Waals surface area (Å²) in [5.41, 5.74) is 1.39. The lowest BCUT2D eigenvalue weighted by molar-refractivity contribution is 0.495. The van der Waals surface area contributed by atoms with Gasteiger partial charge in [-0.15, -0.1) is 0 Å². The van der Waals surface area contributed by atoms with Gasteiger partial charge >= 0.3 is 0 Å². The smallest absolute Gasteiger partial charge is 0.0276 e. The highest BCUT2D eigenvalue weighted by atomic mass is 32.2. The normalized spacial score (nSPS) is 12.0. The first kappa shape index (κ1) is 15.6. The lowest BCUT2D eigenvalue weighted by Crippen LogP contribution is -2.36. The van der Waals surface area contributed by atoms with Crippen LogP contribution in [0.3, 0.4) is 0 Å². The van der Waals surface area contributed by atoms with Gasteiger partial charge in [0, 0.05) is 36.8 Å². The van der Waals surface area contributed by atoms with Crippen molar-refractivity contribution >= 4 is 11.8 Å². The van der Waals surface area contributed by atoms with Crippen molar-refractivity contribution in [2.24, 2.45) is 0 Å². The lowest BCUT2D eigenvalue weighted by Gasteiger charge is -2.29. The van der Waals surface area contributed by atoms with Gasteiger partial charge in [0.25, 0.3) is 0 Å². The van der Waals surface area contributed by atoms with Crippen molar-refractivity contribution in [1.82, 2.24) is 9.88 Å².